The number of rotatable bonds is 4. The van der Waals surface area contributed by atoms with E-state index in [1.165, 1.54) is 6.08 Å². The minimum Gasteiger partial charge on any atom is -0.457 e. The Morgan fingerprint density at radius 1 is 0.971 bits per heavy atom. The second-order valence-electron chi connectivity index (χ2n) is 7.24. The molecule has 35 heavy (non-hydrogen) atoms. The maximum absolute atomic E-state index is 13.0. The van der Waals surface area contributed by atoms with Gasteiger partial charge in [0.1, 0.15) is 11.5 Å². The number of amides is 1. The fourth-order valence-electron chi connectivity index (χ4n) is 2.84. The summed E-state index contributed by atoms with van der Waals surface area (Å²) in [5.74, 6) is 0.00874. The van der Waals surface area contributed by atoms with Gasteiger partial charge in [-0.2, -0.15) is 26.3 Å². The largest absolute Gasteiger partial charge is 0.457 e. The number of benzene rings is 2. The van der Waals surface area contributed by atoms with Crippen LogP contribution in [0.3, 0.4) is 0 Å². The van der Waals surface area contributed by atoms with E-state index in [-0.39, 0.29) is 6.07 Å². The van der Waals surface area contributed by atoms with E-state index >= 15 is 0 Å². The molecular formula is C23H15ClF6N2O2S. The number of anilines is 1. The number of aryl methyl sites for hydroxylation is 1. The summed E-state index contributed by atoms with van der Waals surface area (Å²) in [5.41, 5.74) is -2.02. The average Bonchev–Trinajstić information content (AvgIpc) is 3.22. The lowest BCUT2D eigenvalue weighted by Crippen LogP contribution is -2.33. The van der Waals surface area contributed by atoms with E-state index in [9.17, 15) is 31.1 Å². The molecule has 1 amide bonds. The van der Waals surface area contributed by atoms with Crippen LogP contribution in [-0.2, 0) is 17.1 Å². The monoisotopic (exact) mass is 532 g/mol. The summed E-state index contributed by atoms with van der Waals surface area (Å²) in [7, 11) is 0. The third-order valence-corrected chi connectivity index (χ3v) is 5.18. The summed E-state index contributed by atoms with van der Waals surface area (Å²) in [6.45, 7) is 1.85. The maximum Gasteiger partial charge on any atom is 0.416 e. The minimum atomic E-state index is -5.02. The number of carbonyl (C=O) groups is 1. The number of thiocarbonyl (C=S) groups is 1. The Labute approximate surface area is 205 Å². The average molecular weight is 533 g/mol. The zero-order valence-electron chi connectivity index (χ0n) is 17.6. The van der Waals surface area contributed by atoms with Gasteiger partial charge in [-0.05, 0) is 67.2 Å². The zero-order valence-corrected chi connectivity index (χ0v) is 19.2. The van der Waals surface area contributed by atoms with Crippen LogP contribution in [0.1, 0.15) is 22.5 Å². The standard InChI is InChI=1S/C23H15ClF6N2O2S/c1-12-2-3-13(8-18(12)24)19-6-4-17(34-19)5-7-20(33)32-21(35)31-16-10-14(22(25,26)27)9-15(11-16)23(28,29)30/h2-11H,1H3,(H2,31,32,33,35)/b7-5+. The van der Waals surface area contributed by atoms with Crippen molar-refractivity contribution >= 4 is 46.6 Å². The molecule has 2 aromatic carbocycles. The number of nitrogens with one attached hydrogen (secondary N) is 2. The maximum atomic E-state index is 13.0. The number of hydrogen-bond donors (Lipinski definition) is 2. The lowest BCUT2D eigenvalue weighted by molar-refractivity contribution is -0.143. The summed E-state index contributed by atoms with van der Waals surface area (Å²) in [6.07, 6.45) is -7.69. The molecule has 0 aliphatic carbocycles. The van der Waals surface area contributed by atoms with Crippen LogP contribution in [-0.4, -0.2) is 11.0 Å². The first-order valence-electron chi connectivity index (χ1n) is 9.68. The van der Waals surface area contributed by atoms with Gasteiger partial charge in [0, 0.05) is 22.3 Å². The van der Waals surface area contributed by atoms with E-state index in [4.69, 9.17) is 28.2 Å². The van der Waals surface area contributed by atoms with Crippen molar-refractivity contribution in [2.75, 3.05) is 5.32 Å². The van der Waals surface area contributed by atoms with Crippen LogP contribution >= 0.6 is 23.8 Å². The second-order valence-corrected chi connectivity index (χ2v) is 8.05. The van der Waals surface area contributed by atoms with Crippen LogP contribution < -0.4 is 10.6 Å². The first kappa shape index (κ1) is 26.3. The molecule has 3 rings (SSSR count). The first-order chi connectivity index (χ1) is 16.2. The summed E-state index contributed by atoms with van der Waals surface area (Å²) >= 11 is 10.9. The Morgan fingerprint density at radius 3 is 2.17 bits per heavy atom. The molecule has 4 nitrogen and oxygen atoms in total. The number of furan rings is 1. The van der Waals surface area contributed by atoms with Crippen LogP contribution in [0.15, 0.2) is 59.0 Å². The summed E-state index contributed by atoms with van der Waals surface area (Å²) in [6, 6.07) is 9.48. The molecule has 184 valence electrons. The number of alkyl halides is 6. The Balaban J connectivity index is 1.67. The molecule has 0 aliphatic rings. The van der Waals surface area contributed by atoms with E-state index < -0.39 is 40.2 Å². The fraction of sp³-hybridized carbons (Fsp3) is 0.130. The topological polar surface area (TPSA) is 54.3 Å². The smallest absolute Gasteiger partial charge is 0.416 e. The Kier molecular flexibility index (Phi) is 7.61. The molecule has 0 bridgehead atoms. The van der Waals surface area contributed by atoms with Crippen LogP contribution in [0.2, 0.25) is 5.02 Å². The normalized spacial score (nSPS) is 12.1. The number of carbonyl (C=O) groups excluding carboxylic acids is 1. The Bertz CT molecular complexity index is 1270. The Hall–Kier alpha value is -3.31. The molecule has 1 aromatic heterocycles. The van der Waals surface area contributed by atoms with E-state index in [0.29, 0.717) is 28.7 Å². The van der Waals surface area contributed by atoms with Crippen molar-refractivity contribution in [1.82, 2.24) is 5.32 Å². The minimum absolute atomic E-state index is 0.0161. The van der Waals surface area contributed by atoms with Crippen molar-refractivity contribution in [3.05, 3.63) is 82.1 Å². The van der Waals surface area contributed by atoms with Crippen molar-refractivity contribution in [1.29, 1.82) is 0 Å². The highest BCUT2D eigenvalue weighted by atomic mass is 35.5. The van der Waals surface area contributed by atoms with Gasteiger partial charge in [0.2, 0.25) is 5.91 Å². The quantitative estimate of drug-likeness (QED) is 0.208. The third-order valence-electron chi connectivity index (χ3n) is 4.56. The van der Waals surface area contributed by atoms with Crippen LogP contribution in [0.4, 0.5) is 32.0 Å². The zero-order chi connectivity index (χ0) is 26.0. The van der Waals surface area contributed by atoms with Crippen molar-refractivity contribution in [3.63, 3.8) is 0 Å². The summed E-state index contributed by atoms with van der Waals surface area (Å²) in [4.78, 5) is 12.1. The van der Waals surface area contributed by atoms with Crippen molar-refractivity contribution in [2.45, 2.75) is 19.3 Å². The predicted molar refractivity (Wildman–Crippen MR) is 124 cm³/mol. The van der Waals surface area contributed by atoms with Crippen LogP contribution in [0.25, 0.3) is 17.4 Å². The molecule has 3 aromatic rings. The second kappa shape index (κ2) is 10.1. The van der Waals surface area contributed by atoms with Gasteiger partial charge in [-0.1, -0.05) is 23.7 Å². The summed E-state index contributed by atoms with van der Waals surface area (Å²) < 4.78 is 83.4. The predicted octanol–water partition coefficient (Wildman–Crippen LogP) is 7.47. The van der Waals surface area contributed by atoms with Crippen LogP contribution in [0.5, 0.6) is 0 Å². The number of halogens is 7. The van der Waals surface area contributed by atoms with Crippen molar-refractivity contribution in [2.24, 2.45) is 0 Å². The third kappa shape index (κ3) is 7.09. The van der Waals surface area contributed by atoms with Gasteiger partial charge in [-0.3, -0.25) is 10.1 Å². The van der Waals surface area contributed by atoms with Gasteiger partial charge >= 0.3 is 12.4 Å². The van der Waals surface area contributed by atoms with Crippen molar-refractivity contribution in [3.8, 4) is 11.3 Å². The molecule has 0 saturated carbocycles. The fourth-order valence-corrected chi connectivity index (χ4v) is 3.24. The van der Waals surface area contributed by atoms with Crippen LogP contribution in [0, 0.1) is 6.92 Å². The van der Waals surface area contributed by atoms with Gasteiger partial charge in [-0.25, -0.2) is 0 Å². The highest BCUT2D eigenvalue weighted by molar-refractivity contribution is 7.80. The molecular weight excluding hydrogens is 518 g/mol. The number of hydrogen-bond acceptors (Lipinski definition) is 3. The highest BCUT2D eigenvalue weighted by Crippen LogP contribution is 2.37. The molecule has 12 heteroatoms. The molecule has 0 radical (unpaired) electrons. The lowest BCUT2D eigenvalue weighted by Gasteiger charge is -2.15. The Morgan fingerprint density at radius 2 is 1.60 bits per heavy atom. The first-order valence-corrected chi connectivity index (χ1v) is 10.5. The molecule has 0 fully saturated rings. The molecule has 0 atom stereocenters. The lowest BCUT2D eigenvalue weighted by atomic mass is 10.1. The molecule has 1 heterocycles. The van der Waals surface area contributed by atoms with E-state index in [1.54, 1.807) is 18.2 Å². The van der Waals surface area contributed by atoms with Gasteiger partial charge in [-0.15, -0.1) is 0 Å². The van der Waals surface area contributed by atoms with Gasteiger partial charge in [0.05, 0.1) is 11.1 Å². The molecule has 0 spiro atoms. The van der Waals surface area contributed by atoms with E-state index in [2.05, 4.69) is 10.6 Å². The molecule has 0 aliphatic heterocycles. The highest BCUT2D eigenvalue weighted by Gasteiger charge is 2.37. The molecule has 2 N–H and O–H groups in total. The van der Waals surface area contributed by atoms with E-state index in [0.717, 1.165) is 17.2 Å². The molecule has 0 saturated heterocycles. The van der Waals surface area contributed by atoms with E-state index in [1.807, 2.05) is 19.1 Å². The van der Waals surface area contributed by atoms with Gasteiger partial charge < -0.3 is 9.73 Å². The van der Waals surface area contributed by atoms with Gasteiger partial charge in [0.25, 0.3) is 0 Å². The van der Waals surface area contributed by atoms with Crippen molar-refractivity contribution < 1.29 is 35.6 Å². The van der Waals surface area contributed by atoms with Gasteiger partial charge in [0.15, 0.2) is 5.11 Å². The molecule has 0 unspecified atom stereocenters. The summed E-state index contributed by atoms with van der Waals surface area (Å²) in [5, 5.41) is 4.36. The SMILES string of the molecule is Cc1ccc(-c2ccc(/C=C/C(=O)NC(=S)Nc3cc(C(F)(F)F)cc(C(F)(F)F)c3)o2)cc1Cl.